The van der Waals surface area contributed by atoms with Gasteiger partial charge in [0.05, 0.1) is 29.7 Å². The summed E-state index contributed by atoms with van der Waals surface area (Å²) in [6.07, 6.45) is -0.651. The summed E-state index contributed by atoms with van der Waals surface area (Å²) in [5, 5.41) is 15.1. The Hall–Kier alpha value is -2.81. The van der Waals surface area contributed by atoms with Crippen LogP contribution < -0.4 is 4.74 Å². The lowest BCUT2D eigenvalue weighted by Crippen LogP contribution is -2.37. The quantitative estimate of drug-likeness (QED) is 0.396. The number of aliphatic hydroxyl groups excluding tert-OH is 1. The van der Waals surface area contributed by atoms with Gasteiger partial charge in [0.2, 0.25) is 5.88 Å². The van der Waals surface area contributed by atoms with E-state index in [9.17, 15) is 13.9 Å². The molecule has 0 spiro atoms. The van der Waals surface area contributed by atoms with Crippen LogP contribution in [0.2, 0.25) is 0 Å². The molecule has 0 fully saturated rings. The molecule has 1 aromatic heterocycles. The maximum absolute atomic E-state index is 14.5. The molecular formula is C26H33F2N3O3. The van der Waals surface area contributed by atoms with Crippen molar-refractivity contribution in [2.24, 2.45) is 5.92 Å². The van der Waals surface area contributed by atoms with Gasteiger partial charge in [-0.3, -0.25) is 4.90 Å². The highest BCUT2D eigenvalue weighted by atomic mass is 19.1. The van der Waals surface area contributed by atoms with Crippen molar-refractivity contribution < 1.29 is 23.4 Å². The second-order valence-corrected chi connectivity index (χ2v) is 8.69. The van der Waals surface area contributed by atoms with E-state index < -0.39 is 17.7 Å². The zero-order valence-electron chi connectivity index (χ0n) is 20.2. The first-order valence-corrected chi connectivity index (χ1v) is 11.5. The largest absolute Gasteiger partial charge is 0.435 e. The Morgan fingerprint density at radius 3 is 2.47 bits per heavy atom. The number of hydrogen-bond acceptors (Lipinski definition) is 5. The molecule has 0 bridgehead atoms. The summed E-state index contributed by atoms with van der Waals surface area (Å²) in [6.45, 7) is 10.3. The molecule has 3 rings (SSSR count). The van der Waals surface area contributed by atoms with Crippen molar-refractivity contribution in [1.29, 1.82) is 0 Å². The Morgan fingerprint density at radius 1 is 1.09 bits per heavy atom. The molecule has 184 valence electrons. The monoisotopic (exact) mass is 473 g/mol. The van der Waals surface area contributed by atoms with E-state index in [1.807, 2.05) is 44.2 Å². The van der Waals surface area contributed by atoms with Gasteiger partial charge in [-0.25, -0.2) is 13.5 Å². The van der Waals surface area contributed by atoms with Crippen LogP contribution in [0.5, 0.6) is 11.6 Å². The average Bonchev–Trinajstić information content (AvgIpc) is 3.09. The van der Waals surface area contributed by atoms with Crippen LogP contribution in [-0.2, 0) is 11.3 Å². The minimum atomic E-state index is -0.796. The first-order valence-electron chi connectivity index (χ1n) is 11.5. The molecule has 2 aromatic carbocycles. The Labute approximate surface area is 199 Å². The van der Waals surface area contributed by atoms with Gasteiger partial charge in [0.25, 0.3) is 0 Å². The minimum absolute atomic E-state index is 0.0912. The minimum Gasteiger partial charge on any atom is -0.435 e. The summed E-state index contributed by atoms with van der Waals surface area (Å²) < 4.78 is 41.0. The van der Waals surface area contributed by atoms with E-state index in [0.717, 1.165) is 35.6 Å². The molecule has 0 unspecified atom stereocenters. The van der Waals surface area contributed by atoms with Gasteiger partial charge in [-0.05, 0) is 44.0 Å². The number of halogens is 2. The zero-order chi connectivity index (χ0) is 24.7. The molecule has 0 aliphatic carbocycles. The van der Waals surface area contributed by atoms with Crippen LogP contribution in [0.4, 0.5) is 8.78 Å². The summed E-state index contributed by atoms with van der Waals surface area (Å²) in [5.41, 5.74) is 2.23. The molecule has 0 aliphatic heterocycles. The fourth-order valence-corrected chi connectivity index (χ4v) is 3.78. The predicted octanol–water partition coefficient (Wildman–Crippen LogP) is 5.11. The SMILES string of the molecule is CCOC[C@H](O)CN(Cc1c(C)nn(-c2ccccc2)c1Oc1ccc(F)cc1F)CC(C)C. The molecular weight excluding hydrogens is 440 g/mol. The van der Waals surface area contributed by atoms with E-state index in [-0.39, 0.29) is 12.4 Å². The molecule has 0 saturated heterocycles. The summed E-state index contributed by atoms with van der Waals surface area (Å²) >= 11 is 0. The molecule has 1 atom stereocenters. The van der Waals surface area contributed by atoms with Crippen LogP contribution in [0.3, 0.4) is 0 Å². The maximum atomic E-state index is 14.5. The van der Waals surface area contributed by atoms with Crippen LogP contribution in [-0.4, -0.2) is 52.2 Å². The standard InChI is InChI=1S/C26H33F2N3O3/c1-5-33-17-22(32)15-30(14-18(2)3)16-23-19(4)29-31(21-9-7-6-8-10-21)26(23)34-25-12-11-20(27)13-24(25)28/h6-13,18,22,32H,5,14-17H2,1-4H3/t22-/m1/s1. The number of para-hydroxylation sites is 1. The van der Waals surface area contributed by atoms with Crippen LogP contribution in [0.25, 0.3) is 5.69 Å². The molecule has 0 amide bonds. The molecule has 0 radical (unpaired) electrons. The van der Waals surface area contributed by atoms with E-state index >= 15 is 0 Å². The normalized spacial score (nSPS) is 12.5. The van der Waals surface area contributed by atoms with Crippen molar-refractivity contribution in [3.05, 3.63) is 71.4 Å². The molecule has 0 aliphatic rings. The summed E-state index contributed by atoms with van der Waals surface area (Å²) in [6, 6.07) is 12.6. The number of ether oxygens (including phenoxy) is 2. The van der Waals surface area contributed by atoms with Crippen LogP contribution in [0, 0.1) is 24.5 Å². The second kappa shape index (κ2) is 12.1. The number of nitrogens with zero attached hydrogens (tertiary/aromatic N) is 3. The van der Waals surface area contributed by atoms with Crippen molar-refractivity contribution in [2.75, 3.05) is 26.3 Å². The Balaban J connectivity index is 1.99. The smallest absolute Gasteiger partial charge is 0.227 e. The van der Waals surface area contributed by atoms with E-state index in [0.29, 0.717) is 31.5 Å². The van der Waals surface area contributed by atoms with Gasteiger partial charge in [-0.1, -0.05) is 32.0 Å². The lowest BCUT2D eigenvalue weighted by Gasteiger charge is -2.27. The fraction of sp³-hybridized carbons (Fsp3) is 0.423. The highest BCUT2D eigenvalue weighted by Gasteiger charge is 2.24. The lowest BCUT2D eigenvalue weighted by atomic mass is 10.1. The first kappa shape index (κ1) is 25.8. The summed E-state index contributed by atoms with van der Waals surface area (Å²) in [5.74, 6) is -0.865. The fourth-order valence-electron chi connectivity index (χ4n) is 3.78. The lowest BCUT2D eigenvalue weighted by molar-refractivity contribution is 0.0173. The van der Waals surface area contributed by atoms with Crippen LogP contribution in [0.1, 0.15) is 32.0 Å². The van der Waals surface area contributed by atoms with Gasteiger partial charge in [-0.15, -0.1) is 0 Å². The number of hydrogen-bond donors (Lipinski definition) is 1. The molecule has 0 saturated carbocycles. The molecule has 34 heavy (non-hydrogen) atoms. The van der Waals surface area contributed by atoms with Crippen molar-refractivity contribution >= 4 is 0 Å². The molecule has 1 N–H and O–H groups in total. The first-order chi connectivity index (χ1) is 16.3. The third-order valence-electron chi connectivity index (χ3n) is 5.23. The van der Waals surface area contributed by atoms with Gasteiger partial charge in [-0.2, -0.15) is 5.10 Å². The van der Waals surface area contributed by atoms with Crippen molar-refractivity contribution in [2.45, 2.75) is 40.3 Å². The predicted molar refractivity (Wildman–Crippen MR) is 127 cm³/mol. The topological polar surface area (TPSA) is 59.8 Å². The third-order valence-corrected chi connectivity index (χ3v) is 5.23. The Bertz CT molecular complexity index is 1060. The van der Waals surface area contributed by atoms with E-state index in [1.54, 1.807) is 4.68 Å². The zero-order valence-corrected chi connectivity index (χ0v) is 20.2. The van der Waals surface area contributed by atoms with Gasteiger partial charge < -0.3 is 14.6 Å². The van der Waals surface area contributed by atoms with Gasteiger partial charge >= 0.3 is 0 Å². The molecule has 8 heteroatoms. The van der Waals surface area contributed by atoms with E-state index in [2.05, 4.69) is 23.8 Å². The van der Waals surface area contributed by atoms with E-state index in [1.165, 1.54) is 6.07 Å². The van der Waals surface area contributed by atoms with Crippen molar-refractivity contribution in [3.8, 4) is 17.3 Å². The molecule has 6 nitrogen and oxygen atoms in total. The van der Waals surface area contributed by atoms with Gasteiger partial charge in [0.1, 0.15) is 5.82 Å². The Morgan fingerprint density at radius 2 is 1.82 bits per heavy atom. The summed E-state index contributed by atoms with van der Waals surface area (Å²) in [7, 11) is 0. The van der Waals surface area contributed by atoms with E-state index in [4.69, 9.17) is 9.47 Å². The summed E-state index contributed by atoms with van der Waals surface area (Å²) in [4.78, 5) is 2.11. The van der Waals surface area contributed by atoms with Crippen molar-refractivity contribution in [3.63, 3.8) is 0 Å². The van der Waals surface area contributed by atoms with Gasteiger partial charge in [0.15, 0.2) is 11.6 Å². The highest BCUT2D eigenvalue weighted by Crippen LogP contribution is 2.33. The second-order valence-electron chi connectivity index (χ2n) is 8.69. The molecule has 1 heterocycles. The highest BCUT2D eigenvalue weighted by molar-refractivity contribution is 5.43. The third kappa shape index (κ3) is 6.85. The van der Waals surface area contributed by atoms with Crippen molar-refractivity contribution in [1.82, 2.24) is 14.7 Å². The number of aromatic nitrogens is 2. The van der Waals surface area contributed by atoms with Crippen LogP contribution >= 0.6 is 0 Å². The number of aryl methyl sites for hydroxylation is 1. The maximum Gasteiger partial charge on any atom is 0.227 e. The number of rotatable bonds is 12. The molecule has 3 aromatic rings. The average molecular weight is 474 g/mol. The van der Waals surface area contributed by atoms with Crippen LogP contribution in [0.15, 0.2) is 48.5 Å². The van der Waals surface area contributed by atoms with Gasteiger partial charge in [0, 0.05) is 32.3 Å². The number of benzene rings is 2. The Kier molecular flexibility index (Phi) is 9.15. The number of aliphatic hydroxyl groups is 1.